The molecule has 26 heavy (non-hydrogen) atoms. The summed E-state index contributed by atoms with van der Waals surface area (Å²) in [6.07, 6.45) is 11.0. The molecular formula is C21H35N5. The van der Waals surface area contributed by atoms with E-state index < -0.39 is 0 Å². The van der Waals surface area contributed by atoms with Crippen LogP contribution in [0.5, 0.6) is 0 Å². The van der Waals surface area contributed by atoms with E-state index in [1.54, 1.807) is 0 Å². The second-order valence-corrected chi connectivity index (χ2v) is 8.00. The van der Waals surface area contributed by atoms with Gasteiger partial charge in [0.1, 0.15) is 0 Å². The van der Waals surface area contributed by atoms with Crippen LogP contribution < -0.4 is 10.6 Å². The van der Waals surface area contributed by atoms with Crippen molar-refractivity contribution in [2.45, 2.75) is 64.5 Å². The topological polar surface area (TPSA) is 52.6 Å². The molecule has 1 aromatic rings. The molecule has 0 bridgehead atoms. The molecule has 0 atom stereocenters. The number of hydrogen-bond donors (Lipinski definition) is 2. The Morgan fingerprint density at radius 2 is 2.04 bits per heavy atom. The van der Waals surface area contributed by atoms with Gasteiger partial charge in [0, 0.05) is 45.5 Å². The Hall–Kier alpha value is -1.62. The van der Waals surface area contributed by atoms with Crippen molar-refractivity contribution in [3.63, 3.8) is 0 Å². The summed E-state index contributed by atoms with van der Waals surface area (Å²) in [4.78, 5) is 11.4. The first-order valence-corrected chi connectivity index (χ1v) is 10.3. The number of pyridine rings is 1. The van der Waals surface area contributed by atoms with Crippen LogP contribution in [0, 0.1) is 5.41 Å². The van der Waals surface area contributed by atoms with E-state index in [2.05, 4.69) is 44.6 Å². The van der Waals surface area contributed by atoms with Crippen molar-refractivity contribution in [3.05, 3.63) is 30.1 Å². The minimum Gasteiger partial charge on any atom is -0.356 e. The predicted octanol–water partition coefficient (Wildman–Crippen LogP) is 3.18. The minimum atomic E-state index is 0.490. The lowest BCUT2D eigenvalue weighted by molar-refractivity contribution is 0.196. The van der Waals surface area contributed by atoms with Crippen LogP contribution in [-0.4, -0.2) is 48.6 Å². The first-order valence-electron chi connectivity index (χ1n) is 10.3. The van der Waals surface area contributed by atoms with Crippen LogP contribution >= 0.6 is 0 Å². The van der Waals surface area contributed by atoms with Gasteiger partial charge in [-0.05, 0) is 49.7 Å². The Morgan fingerprint density at radius 3 is 2.65 bits per heavy atom. The first-order chi connectivity index (χ1) is 12.7. The maximum absolute atomic E-state index is 4.47. The van der Waals surface area contributed by atoms with Gasteiger partial charge in [-0.1, -0.05) is 25.8 Å². The van der Waals surface area contributed by atoms with Crippen LogP contribution in [0.3, 0.4) is 0 Å². The summed E-state index contributed by atoms with van der Waals surface area (Å²) in [6, 6.07) is 6.68. The number of guanidine groups is 1. The van der Waals surface area contributed by atoms with E-state index in [1.165, 1.54) is 32.1 Å². The van der Waals surface area contributed by atoms with Gasteiger partial charge >= 0.3 is 0 Å². The maximum Gasteiger partial charge on any atom is 0.191 e. The quantitative estimate of drug-likeness (QED) is 0.606. The number of rotatable bonds is 6. The average Bonchev–Trinajstić information content (AvgIpc) is 3.17. The minimum absolute atomic E-state index is 0.490. The van der Waals surface area contributed by atoms with Gasteiger partial charge in [-0.25, -0.2) is 0 Å². The lowest BCUT2D eigenvalue weighted by Gasteiger charge is -2.34. The van der Waals surface area contributed by atoms with Gasteiger partial charge in [-0.3, -0.25) is 14.9 Å². The molecule has 1 saturated heterocycles. The molecule has 5 nitrogen and oxygen atoms in total. The normalized spacial score (nSPS) is 21.7. The molecule has 144 valence electrons. The highest BCUT2D eigenvalue weighted by molar-refractivity contribution is 5.80. The molecule has 1 aliphatic carbocycles. The van der Waals surface area contributed by atoms with Crippen LogP contribution in [0.15, 0.2) is 29.4 Å². The molecule has 1 saturated carbocycles. The maximum atomic E-state index is 4.47. The SMILES string of the molecule is CCC1(CNC(=NC)NC2CCN(Cc3ccccn3)CC2)CCCC1. The molecule has 2 fully saturated rings. The Morgan fingerprint density at radius 1 is 1.27 bits per heavy atom. The number of likely N-dealkylation sites (tertiary alicyclic amines) is 1. The molecule has 2 N–H and O–H groups in total. The fourth-order valence-corrected chi connectivity index (χ4v) is 4.40. The fraction of sp³-hybridized carbons (Fsp3) is 0.714. The molecular weight excluding hydrogens is 322 g/mol. The lowest BCUT2D eigenvalue weighted by Crippen LogP contribution is -2.50. The summed E-state index contributed by atoms with van der Waals surface area (Å²) in [5.41, 5.74) is 1.65. The highest BCUT2D eigenvalue weighted by Crippen LogP contribution is 2.40. The zero-order chi connectivity index (χ0) is 18.2. The smallest absolute Gasteiger partial charge is 0.191 e. The predicted molar refractivity (Wildman–Crippen MR) is 108 cm³/mol. The van der Waals surface area contributed by atoms with Crippen LogP contribution in [0.2, 0.25) is 0 Å². The molecule has 2 aliphatic rings. The van der Waals surface area contributed by atoms with Gasteiger partial charge in [0.2, 0.25) is 0 Å². The number of nitrogens with one attached hydrogen (secondary N) is 2. The van der Waals surface area contributed by atoms with Crippen LogP contribution in [0.4, 0.5) is 0 Å². The van der Waals surface area contributed by atoms with Crippen LogP contribution in [-0.2, 0) is 6.54 Å². The van der Waals surface area contributed by atoms with E-state index in [0.717, 1.165) is 50.7 Å². The van der Waals surface area contributed by atoms with E-state index in [9.17, 15) is 0 Å². The third-order valence-corrected chi connectivity index (χ3v) is 6.31. The molecule has 0 aromatic carbocycles. The monoisotopic (exact) mass is 357 g/mol. The number of aliphatic imine (C=N–C) groups is 1. The fourth-order valence-electron chi connectivity index (χ4n) is 4.40. The molecule has 0 radical (unpaired) electrons. The molecule has 2 heterocycles. The van der Waals surface area contributed by atoms with Crippen molar-refractivity contribution in [2.75, 3.05) is 26.7 Å². The summed E-state index contributed by atoms with van der Waals surface area (Å²) < 4.78 is 0. The number of aromatic nitrogens is 1. The van der Waals surface area contributed by atoms with Gasteiger partial charge < -0.3 is 10.6 Å². The highest BCUT2D eigenvalue weighted by Gasteiger charge is 2.32. The second kappa shape index (κ2) is 9.36. The number of hydrogen-bond acceptors (Lipinski definition) is 3. The molecule has 0 amide bonds. The van der Waals surface area contributed by atoms with Gasteiger partial charge in [0.25, 0.3) is 0 Å². The number of piperidine rings is 1. The molecule has 5 heteroatoms. The Bertz CT molecular complexity index is 557. The zero-order valence-electron chi connectivity index (χ0n) is 16.5. The largest absolute Gasteiger partial charge is 0.356 e. The van der Waals surface area contributed by atoms with Crippen molar-refractivity contribution in [1.82, 2.24) is 20.5 Å². The third kappa shape index (κ3) is 5.19. The van der Waals surface area contributed by atoms with Crippen LogP contribution in [0.25, 0.3) is 0 Å². The number of nitrogens with zero attached hydrogens (tertiary/aromatic N) is 3. The average molecular weight is 358 g/mol. The van der Waals surface area contributed by atoms with Gasteiger partial charge in [-0.15, -0.1) is 0 Å². The van der Waals surface area contributed by atoms with E-state index in [1.807, 2.05) is 19.3 Å². The summed E-state index contributed by atoms with van der Waals surface area (Å²) in [5, 5.41) is 7.27. The summed E-state index contributed by atoms with van der Waals surface area (Å²) >= 11 is 0. The van der Waals surface area contributed by atoms with Gasteiger partial charge in [0.15, 0.2) is 5.96 Å². The van der Waals surface area contributed by atoms with Crippen molar-refractivity contribution in [3.8, 4) is 0 Å². The van der Waals surface area contributed by atoms with E-state index >= 15 is 0 Å². The molecule has 0 unspecified atom stereocenters. The molecule has 1 aliphatic heterocycles. The first kappa shape index (κ1) is 19.2. The standard InChI is InChI=1S/C21H35N5/c1-3-21(11-5-6-12-21)17-24-20(22-2)25-18-9-14-26(15-10-18)16-19-8-4-7-13-23-19/h4,7-8,13,18H,3,5-6,9-12,14-17H2,1-2H3,(H2,22,24,25). The van der Waals surface area contributed by atoms with Crippen molar-refractivity contribution in [1.29, 1.82) is 0 Å². The third-order valence-electron chi connectivity index (χ3n) is 6.31. The molecule has 3 rings (SSSR count). The Balaban J connectivity index is 1.41. The Labute approximate surface area is 158 Å². The highest BCUT2D eigenvalue weighted by atomic mass is 15.2. The zero-order valence-corrected chi connectivity index (χ0v) is 16.5. The van der Waals surface area contributed by atoms with Gasteiger partial charge in [0.05, 0.1) is 5.69 Å². The van der Waals surface area contributed by atoms with E-state index in [0.29, 0.717) is 11.5 Å². The van der Waals surface area contributed by atoms with Crippen LogP contribution in [0.1, 0.15) is 57.6 Å². The molecule has 0 spiro atoms. The Kier molecular flexibility index (Phi) is 6.89. The summed E-state index contributed by atoms with van der Waals surface area (Å²) in [7, 11) is 1.89. The summed E-state index contributed by atoms with van der Waals surface area (Å²) in [5.74, 6) is 0.980. The van der Waals surface area contributed by atoms with Crippen molar-refractivity contribution < 1.29 is 0 Å². The van der Waals surface area contributed by atoms with Crippen molar-refractivity contribution in [2.24, 2.45) is 10.4 Å². The van der Waals surface area contributed by atoms with Crippen molar-refractivity contribution >= 4 is 5.96 Å². The summed E-state index contributed by atoms with van der Waals surface area (Å²) in [6.45, 7) is 6.58. The second-order valence-electron chi connectivity index (χ2n) is 8.00. The molecule has 1 aromatic heterocycles. The van der Waals surface area contributed by atoms with Gasteiger partial charge in [-0.2, -0.15) is 0 Å². The van der Waals surface area contributed by atoms with E-state index in [4.69, 9.17) is 0 Å². The van der Waals surface area contributed by atoms with E-state index in [-0.39, 0.29) is 0 Å². The lowest BCUT2D eigenvalue weighted by atomic mass is 9.83.